The lowest BCUT2D eigenvalue weighted by molar-refractivity contribution is 1.11. The number of aromatic nitrogens is 1. The van der Waals surface area contributed by atoms with E-state index in [2.05, 4.69) is 34.5 Å². The van der Waals surface area contributed by atoms with Crippen LogP contribution >= 0.6 is 45.3 Å². The number of halogens is 1. The minimum Gasteiger partial charge on any atom is -0.396 e. The average molecular weight is 310 g/mol. The summed E-state index contributed by atoms with van der Waals surface area (Å²) in [6, 6.07) is 0. The van der Waals surface area contributed by atoms with E-state index in [1.165, 1.54) is 9.71 Å². The van der Waals surface area contributed by atoms with Crippen molar-refractivity contribution in [3.63, 3.8) is 0 Å². The number of hydrogen-bond acceptors (Lipinski definition) is 4. The van der Waals surface area contributed by atoms with Crippen molar-refractivity contribution in [1.82, 2.24) is 4.98 Å². The van der Waals surface area contributed by atoms with Crippen molar-refractivity contribution in [3.8, 4) is 0 Å². The lowest BCUT2D eigenvalue weighted by atomic mass is 10.5. The summed E-state index contributed by atoms with van der Waals surface area (Å²) in [6.45, 7) is 2.11. The van der Waals surface area contributed by atoms with Gasteiger partial charge < -0.3 is 5.73 Å². The number of nitrogens with two attached hydrogens (primary N) is 1. The van der Waals surface area contributed by atoms with Gasteiger partial charge in [0.15, 0.2) is 0 Å². The summed E-state index contributed by atoms with van der Waals surface area (Å²) < 4.78 is 2.32. The summed E-state index contributed by atoms with van der Waals surface area (Å²) in [7, 11) is 0. The third-order valence-corrected chi connectivity index (χ3v) is 5.08. The molecule has 5 heteroatoms. The van der Waals surface area contributed by atoms with Crippen molar-refractivity contribution >= 4 is 60.5 Å². The molecule has 0 saturated heterocycles. The Morgan fingerprint density at radius 1 is 1.50 bits per heavy atom. The molecular formula is C7H7IN2S2. The molecule has 0 amide bonds. The third kappa shape index (κ3) is 1.23. The number of thiazole rings is 1. The number of nitrogen functional groups attached to an aromatic ring is 1. The number of anilines is 1. The first kappa shape index (κ1) is 8.71. The second-order valence-electron chi connectivity index (χ2n) is 2.38. The Labute approximate surface area is 91.9 Å². The SMILES string of the molecule is CCc1nc2sc(I)c(N)c2s1. The van der Waals surface area contributed by atoms with Gasteiger partial charge in [0.2, 0.25) is 0 Å². The summed E-state index contributed by atoms with van der Waals surface area (Å²) in [5, 5.41) is 1.18. The van der Waals surface area contributed by atoms with E-state index in [0.29, 0.717) is 0 Å². The predicted molar refractivity (Wildman–Crippen MR) is 64.0 cm³/mol. The normalized spacial score (nSPS) is 11.2. The molecule has 0 unspecified atom stereocenters. The molecule has 0 aliphatic carbocycles. The standard InChI is InChI=1S/C7H7IN2S2/c1-2-3-10-7-5(11-3)4(9)6(8)12-7/h2,9H2,1H3. The first-order chi connectivity index (χ1) is 5.72. The Hall–Kier alpha value is 0.120. The number of aryl methyl sites for hydroxylation is 1. The largest absolute Gasteiger partial charge is 0.396 e. The molecule has 2 heterocycles. The fourth-order valence-corrected chi connectivity index (χ4v) is 4.02. The molecule has 2 N–H and O–H groups in total. The summed E-state index contributed by atoms with van der Waals surface area (Å²) in [5.74, 6) is 0. The topological polar surface area (TPSA) is 38.9 Å². The fourth-order valence-electron chi connectivity index (χ4n) is 0.968. The minimum atomic E-state index is 0.910. The van der Waals surface area contributed by atoms with Gasteiger partial charge in [0.25, 0.3) is 0 Å². The van der Waals surface area contributed by atoms with Crippen LogP contribution in [0, 0.1) is 2.88 Å². The van der Waals surface area contributed by atoms with E-state index in [-0.39, 0.29) is 0 Å². The molecule has 0 atom stereocenters. The maximum absolute atomic E-state index is 5.88. The van der Waals surface area contributed by atoms with Gasteiger partial charge in [-0.3, -0.25) is 0 Å². The smallest absolute Gasteiger partial charge is 0.137 e. The molecular weight excluding hydrogens is 303 g/mol. The molecule has 2 aromatic heterocycles. The highest BCUT2D eigenvalue weighted by Gasteiger charge is 2.11. The molecule has 2 aromatic rings. The van der Waals surface area contributed by atoms with Gasteiger partial charge in [0.05, 0.1) is 18.3 Å². The zero-order chi connectivity index (χ0) is 8.72. The van der Waals surface area contributed by atoms with Gasteiger partial charge in [-0.05, 0) is 29.0 Å². The van der Waals surface area contributed by atoms with Gasteiger partial charge >= 0.3 is 0 Å². The molecule has 2 nitrogen and oxygen atoms in total. The molecule has 2 rings (SSSR count). The molecule has 0 radical (unpaired) electrons. The zero-order valence-corrected chi connectivity index (χ0v) is 10.2. The summed E-state index contributed by atoms with van der Waals surface area (Å²) in [4.78, 5) is 5.56. The highest BCUT2D eigenvalue weighted by atomic mass is 127. The quantitative estimate of drug-likeness (QED) is 0.822. The molecule has 0 fully saturated rings. The van der Waals surface area contributed by atoms with Crippen molar-refractivity contribution in [2.75, 3.05) is 5.73 Å². The van der Waals surface area contributed by atoms with Crippen molar-refractivity contribution in [1.29, 1.82) is 0 Å². The van der Waals surface area contributed by atoms with E-state index >= 15 is 0 Å². The molecule has 12 heavy (non-hydrogen) atoms. The number of hydrogen-bond donors (Lipinski definition) is 1. The number of rotatable bonds is 1. The van der Waals surface area contributed by atoms with Crippen LogP contribution in [0.1, 0.15) is 11.9 Å². The first-order valence-electron chi connectivity index (χ1n) is 3.55. The van der Waals surface area contributed by atoms with Crippen LogP contribution in [0.5, 0.6) is 0 Å². The highest BCUT2D eigenvalue weighted by Crippen LogP contribution is 2.37. The van der Waals surface area contributed by atoms with Gasteiger partial charge in [-0.2, -0.15) is 0 Å². The maximum atomic E-state index is 5.88. The lowest BCUT2D eigenvalue weighted by Gasteiger charge is -1.85. The molecule has 0 spiro atoms. The van der Waals surface area contributed by atoms with Crippen LogP contribution in [-0.4, -0.2) is 4.98 Å². The van der Waals surface area contributed by atoms with E-state index in [0.717, 1.165) is 19.8 Å². The van der Waals surface area contributed by atoms with Crippen LogP contribution in [0.25, 0.3) is 9.53 Å². The molecule has 64 valence electrons. The summed E-state index contributed by atoms with van der Waals surface area (Å²) >= 11 is 5.65. The molecule has 0 bridgehead atoms. The third-order valence-electron chi connectivity index (χ3n) is 1.59. The maximum Gasteiger partial charge on any atom is 0.137 e. The van der Waals surface area contributed by atoms with Crippen molar-refractivity contribution in [2.45, 2.75) is 13.3 Å². The molecule has 0 aliphatic rings. The van der Waals surface area contributed by atoms with Crippen LogP contribution < -0.4 is 5.73 Å². The van der Waals surface area contributed by atoms with Crippen LogP contribution in [0.2, 0.25) is 0 Å². The van der Waals surface area contributed by atoms with Gasteiger partial charge in [-0.25, -0.2) is 4.98 Å². The molecule has 0 aromatic carbocycles. The van der Waals surface area contributed by atoms with E-state index < -0.39 is 0 Å². The fraction of sp³-hybridized carbons (Fsp3) is 0.286. The van der Waals surface area contributed by atoms with E-state index in [1.807, 2.05) is 0 Å². The Morgan fingerprint density at radius 3 is 2.83 bits per heavy atom. The van der Waals surface area contributed by atoms with E-state index in [1.54, 1.807) is 22.7 Å². The van der Waals surface area contributed by atoms with Crippen LogP contribution in [-0.2, 0) is 6.42 Å². The number of thiophene rings is 1. The molecule has 0 aliphatic heterocycles. The van der Waals surface area contributed by atoms with Crippen molar-refractivity contribution in [3.05, 3.63) is 7.89 Å². The van der Waals surface area contributed by atoms with Gasteiger partial charge in [-0.15, -0.1) is 22.7 Å². The Balaban J connectivity index is 2.71. The van der Waals surface area contributed by atoms with Crippen LogP contribution in [0.4, 0.5) is 5.69 Å². The predicted octanol–water partition coefficient (Wildman–Crippen LogP) is 3.11. The Morgan fingerprint density at radius 2 is 2.25 bits per heavy atom. The van der Waals surface area contributed by atoms with E-state index in [9.17, 15) is 0 Å². The van der Waals surface area contributed by atoms with Crippen LogP contribution in [0.15, 0.2) is 0 Å². The lowest BCUT2D eigenvalue weighted by Crippen LogP contribution is -1.81. The average Bonchev–Trinajstić information content (AvgIpc) is 2.55. The minimum absolute atomic E-state index is 0.910. The monoisotopic (exact) mass is 310 g/mol. The van der Waals surface area contributed by atoms with Crippen LogP contribution in [0.3, 0.4) is 0 Å². The first-order valence-corrected chi connectivity index (χ1v) is 6.26. The van der Waals surface area contributed by atoms with E-state index in [4.69, 9.17) is 5.73 Å². The van der Waals surface area contributed by atoms with Gasteiger partial charge in [-0.1, -0.05) is 6.92 Å². The van der Waals surface area contributed by atoms with Crippen molar-refractivity contribution in [2.24, 2.45) is 0 Å². The number of fused-ring (bicyclic) bond motifs is 1. The number of nitrogens with zero attached hydrogens (tertiary/aromatic N) is 1. The molecule has 0 saturated carbocycles. The van der Waals surface area contributed by atoms with Crippen molar-refractivity contribution < 1.29 is 0 Å². The van der Waals surface area contributed by atoms with Gasteiger partial charge in [0.1, 0.15) is 4.83 Å². The summed E-state index contributed by atoms with van der Waals surface area (Å²) in [6.07, 6.45) is 1.00. The zero-order valence-electron chi connectivity index (χ0n) is 6.43. The second-order valence-corrected chi connectivity index (χ2v) is 6.28. The highest BCUT2D eigenvalue weighted by molar-refractivity contribution is 14.1. The Bertz CT molecular complexity index is 418. The van der Waals surface area contributed by atoms with Gasteiger partial charge in [0, 0.05) is 0 Å². The Kier molecular flexibility index (Phi) is 2.26. The summed E-state index contributed by atoms with van der Waals surface area (Å²) in [5.41, 5.74) is 6.79. The second kappa shape index (κ2) is 3.12.